The van der Waals surface area contributed by atoms with Crippen LogP contribution in [-0.2, 0) is 11.3 Å². The van der Waals surface area contributed by atoms with E-state index in [0.29, 0.717) is 31.4 Å². The summed E-state index contributed by atoms with van der Waals surface area (Å²) in [6, 6.07) is 17.6. The minimum absolute atomic E-state index is 0.0536. The molecule has 32 heavy (non-hydrogen) atoms. The van der Waals surface area contributed by atoms with Gasteiger partial charge < -0.3 is 14.6 Å². The quantitative estimate of drug-likeness (QED) is 0.580. The number of rotatable bonds is 8. The van der Waals surface area contributed by atoms with E-state index in [4.69, 9.17) is 9.26 Å². The first-order valence-electron chi connectivity index (χ1n) is 11.2. The minimum atomic E-state index is -0.0640. The largest absolute Gasteiger partial charge is 0.491 e. The molecule has 1 aliphatic heterocycles. The first kappa shape index (κ1) is 22.0. The summed E-state index contributed by atoms with van der Waals surface area (Å²) >= 11 is 0. The van der Waals surface area contributed by atoms with E-state index in [1.807, 2.05) is 68.4 Å². The standard InChI is InChI=1S/C25H30N4O3/c1-18-8-6-9-20(14-18)24-27-23(32-28-24)16-29-13-7-10-21(15-29)25(30)26-19(2)17-31-22-11-4-3-5-12-22/h3-6,8-9,11-12,14,19,21H,7,10,13,15-17H2,1-2H3,(H,26,30). The molecule has 2 atom stereocenters. The van der Waals surface area contributed by atoms with Crippen molar-refractivity contribution < 1.29 is 14.1 Å². The maximum Gasteiger partial charge on any atom is 0.241 e. The summed E-state index contributed by atoms with van der Waals surface area (Å²) in [4.78, 5) is 19.6. The first-order chi connectivity index (χ1) is 15.6. The number of likely N-dealkylation sites (tertiary alicyclic amines) is 1. The van der Waals surface area contributed by atoms with E-state index in [2.05, 4.69) is 20.4 Å². The Morgan fingerprint density at radius 2 is 2.09 bits per heavy atom. The van der Waals surface area contributed by atoms with Crippen molar-refractivity contribution in [3.8, 4) is 17.1 Å². The van der Waals surface area contributed by atoms with E-state index < -0.39 is 0 Å². The van der Waals surface area contributed by atoms with Crippen molar-refractivity contribution in [3.63, 3.8) is 0 Å². The molecule has 1 amide bonds. The molecule has 7 heteroatoms. The maximum absolute atomic E-state index is 12.8. The van der Waals surface area contributed by atoms with Crippen molar-refractivity contribution in [2.75, 3.05) is 19.7 Å². The lowest BCUT2D eigenvalue weighted by molar-refractivity contribution is -0.127. The smallest absolute Gasteiger partial charge is 0.241 e. The van der Waals surface area contributed by atoms with Crippen molar-refractivity contribution in [3.05, 3.63) is 66.1 Å². The average molecular weight is 435 g/mol. The highest BCUT2D eigenvalue weighted by Gasteiger charge is 2.27. The van der Waals surface area contributed by atoms with Gasteiger partial charge in [-0.1, -0.05) is 47.1 Å². The summed E-state index contributed by atoms with van der Waals surface area (Å²) in [5.74, 6) is 2.00. The molecule has 3 aromatic rings. The number of carbonyl (C=O) groups excluding carboxylic acids is 1. The summed E-state index contributed by atoms with van der Waals surface area (Å²) in [6.45, 7) is 6.59. The molecule has 0 spiro atoms. The van der Waals surface area contributed by atoms with Crippen LogP contribution in [0.3, 0.4) is 0 Å². The van der Waals surface area contributed by atoms with Gasteiger partial charge in [-0.15, -0.1) is 0 Å². The van der Waals surface area contributed by atoms with Gasteiger partial charge in [0.05, 0.1) is 18.5 Å². The van der Waals surface area contributed by atoms with Crippen LogP contribution in [0.25, 0.3) is 11.4 Å². The molecule has 0 aliphatic carbocycles. The highest BCUT2D eigenvalue weighted by Crippen LogP contribution is 2.21. The monoisotopic (exact) mass is 434 g/mol. The molecule has 0 radical (unpaired) electrons. The molecule has 0 saturated carbocycles. The average Bonchev–Trinajstić information content (AvgIpc) is 3.27. The number of piperidine rings is 1. The van der Waals surface area contributed by atoms with Crippen LogP contribution < -0.4 is 10.1 Å². The number of nitrogens with zero attached hydrogens (tertiary/aromatic N) is 3. The van der Waals surface area contributed by atoms with Gasteiger partial charge in [0.25, 0.3) is 0 Å². The van der Waals surface area contributed by atoms with E-state index in [0.717, 1.165) is 36.3 Å². The number of benzene rings is 2. The summed E-state index contributed by atoms with van der Waals surface area (Å²) in [5, 5.41) is 7.22. The van der Waals surface area contributed by atoms with Crippen molar-refractivity contribution in [2.24, 2.45) is 5.92 Å². The molecule has 7 nitrogen and oxygen atoms in total. The number of hydrogen-bond acceptors (Lipinski definition) is 6. The predicted octanol–water partition coefficient (Wildman–Crippen LogP) is 3.84. The Bertz CT molecular complexity index is 1020. The molecule has 1 saturated heterocycles. The fourth-order valence-corrected chi connectivity index (χ4v) is 3.97. The van der Waals surface area contributed by atoms with Crippen LogP contribution in [0.5, 0.6) is 5.75 Å². The molecule has 2 heterocycles. The predicted molar refractivity (Wildman–Crippen MR) is 122 cm³/mol. The molecule has 2 unspecified atom stereocenters. The van der Waals surface area contributed by atoms with Crippen molar-refractivity contribution in [2.45, 2.75) is 39.3 Å². The lowest BCUT2D eigenvalue weighted by atomic mass is 9.97. The lowest BCUT2D eigenvalue weighted by Gasteiger charge is -2.31. The van der Waals surface area contributed by atoms with Crippen molar-refractivity contribution in [1.29, 1.82) is 0 Å². The van der Waals surface area contributed by atoms with Gasteiger partial charge in [-0.05, 0) is 51.4 Å². The van der Waals surface area contributed by atoms with E-state index in [1.165, 1.54) is 0 Å². The van der Waals surface area contributed by atoms with Crippen LogP contribution in [0.1, 0.15) is 31.2 Å². The maximum atomic E-state index is 12.8. The molecule has 1 aromatic heterocycles. The Morgan fingerprint density at radius 1 is 1.25 bits per heavy atom. The Hall–Kier alpha value is -3.19. The Balaban J connectivity index is 1.27. The number of hydrogen-bond donors (Lipinski definition) is 1. The number of carbonyl (C=O) groups is 1. The Labute approximate surface area is 188 Å². The molecule has 1 N–H and O–H groups in total. The third-order valence-electron chi connectivity index (χ3n) is 5.61. The Kier molecular flexibility index (Phi) is 7.17. The second-order valence-corrected chi connectivity index (χ2v) is 8.49. The van der Waals surface area contributed by atoms with Gasteiger partial charge in [-0.25, -0.2) is 0 Å². The van der Waals surface area contributed by atoms with E-state index in [9.17, 15) is 4.79 Å². The summed E-state index contributed by atoms with van der Waals surface area (Å²) in [6.07, 6.45) is 1.85. The number of amides is 1. The molecule has 0 bridgehead atoms. The van der Waals surface area contributed by atoms with Crippen LogP contribution in [0, 0.1) is 12.8 Å². The molecule has 1 aliphatic rings. The second-order valence-electron chi connectivity index (χ2n) is 8.49. The summed E-state index contributed by atoms with van der Waals surface area (Å²) in [7, 11) is 0. The molecule has 2 aromatic carbocycles. The van der Waals surface area contributed by atoms with E-state index in [-0.39, 0.29) is 17.9 Å². The minimum Gasteiger partial charge on any atom is -0.491 e. The number of para-hydroxylation sites is 1. The topological polar surface area (TPSA) is 80.5 Å². The summed E-state index contributed by atoms with van der Waals surface area (Å²) < 4.78 is 11.2. The number of aryl methyl sites for hydroxylation is 1. The molecule has 1 fully saturated rings. The van der Waals surface area contributed by atoms with Gasteiger partial charge in [0, 0.05) is 12.1 Å². The van der Waals surface area contributed by atoms with Gasteiger partial charge in [0.2, 0.25) is 17.6 Å². The van der Waals surface area contributed by atoms with Gasteiger partial charge in [-0.3, -0.25) is 9.69 Å². The van der Waals surface area contributed by atoms with Crippen LogP contribution in [0.2, 0.25) is 0 Å². The number of ether oxygens (including phenoxy) is 1. The van der Waals surface area contributed by atoms with Crippen molar-refractivity contribution in [1.82, 2.24) is 20.4 Å². The lowest BCUT2D eigenvalue weighted by Crippen LogP contribution is -2.46. The molecule has 4 rings (SSSR count). The third-order valence-corrected chi connectivity index (χ3v) is 5.61. The normalized spacial score (nSPS) is 17.6. The zero-order valence-electron chi connectivity index (χ0n) is 18.7. The molecular weight excluding hydrogens is 404 g/mol. The zero-order valence-corrected chi connectivity index (χ0v) is 18.7. The molecular formula is C25H30N4O3. The van der Waals surface area contributed by atoms with Crippen LogP contribution in [0.4, 0.5) is 0 Å². The highest BCUT2D eigenvalue weighted by atomic mass is 16.5. The number of nitrogens with one attached hydrogen (secondary N) is 1. The van der Waals surface area contributed by atoms with E-state index in [1.54, 1.807) is 0 Å². The second kappa shape index (κ2) is 10.4. The van der Waals surface area contributed by atoms with Crippen molar-refractivity contribution >= 4 is 5.91 Å². The van der Waals surface area contributed by atoms with Gasteiger partial charge in [-0.2, -0.15) is 4.98 Å². The fraction of sp³-hybridized carbons (Fsp3) is 0.400. The van der Waals surface area contributed by atoms with Gasteiger partial charge in [0.15, 0.2) is 0 Å². The first-order valence-corrected chi connectivity index (χ1v) is 11.2. The summed E-state index contributed by atoms with van der Waals surface area (Å²) in [5.41, 5.74) is 2.10. The van der Waals surface area contributed by atoms with Crippen LogP contribution >= 0.6 is 0 Å². The third kappa shape index (κ3) is 5.95. The highest BCUT2D eigenvalue weighted by molar-refractivity contribution is 5.79. The fourth-order valence-electron chi connectivity index (χ4n) is 3.97. The number of aromatic nitrogens is 2. The van der Waals surface area contributed by atoms with E-state index >= 15 is 0 Å². The van der Waals surface area contributed by atoms with Gasteiger partial charge in [0.1, 0.15) is 12.4 Å². The zero-order chi connectivity index (χ0) is 22.3. The van der Waals surface area contributed by atoms with Gasteiger partial charge >= 0.3 is 0 Å². The van der Waals surface area contributed by atoms with Crippen LogP contribution in [0.15, 0.2) is 59.1 Å². The SMILES string of the molecule is Cc1cccc(-c2noc(CN3CCCC(C(=O)NC(C)COc4ccccc4)C3)n2)c1. The Morgan fingerprint density at radius 3 is 2.91 bits per heavy atom. The molecule has 168 valence electrons. The van der Waals surface area contributed by atoms with Crippen LogP contribution in [-0.4, -0.2) is 46.7 Å².